The van der Waals surface area contributed by atoms with E-state index >= 15 is 0 Å². The van der Waals surface area contributed by atoms with E-state index in [1.807, 2.05) is 12.1 Å². The van der Waals surface area contributed by atoms with Gasteiger partial charge in [0.1, 0.15) is 12.4 Å². The Morgan fingerprint density at radius 2 is 2.00 bits per heavy atom. The number of hydrogen-bond donors (Lipinski definition) is 0. The Morgan fingerprint density at radius 3 is 2.74 bits per heavy atom. The second-order valence-electron chi connectivity index (χ2n) is 4.14. The topological polar surface area (TPSA) is 54.0 Å². The smallest absolute Gasteiger partial charge is 0.171 e. The molecule has 1 fully saturated rings. The molecule has 1 aromatic rings. The van der Waals surface area contributed by atoms with Gasteiger partial charge in [-0.2, -0.15) is 0 Å². The maximum Gasteiger partial charge on any atom is 0.171 e. The van der Waals surface area contributed by atoms with Gasteiger partial charge in [0.15, 0.2) is 12.1 Å². The molecule has 0 spiro atoms. The molecule has 1 saturated heterocycles. The second-order valence-corrected chi connectivity index (χ2v) is 4.14. The third-order valence-corrected chi connectivity index (χ3v) is 2.78. The number of benzene rings is 1. The van der Waals surface area contributed by atoms with E-state index in [0.29, 0.717) is 37.7 Å². The summed E-state index contributed by atoms with van der Waals surface area (Å²) < 4.78 is 21.0. The summed E-state index contributed by atoms with van der Waals surface area (Å²) in [4.78, 5) is 12.2. The van der Waals surface area contributed by atoms with Crippen molar-refractivity contribution in [1.29, 1.82) is 0 Å². The van der Waals surface area contributed by atoms with Gasteiger partial charge in [0.2, 0.25) is 0 Å². The fourth-order valence-corrected chi connectivity index (χ4v) is 1.84. The van der Waals surface area contributed by atoms with E-state index in [1.54, 1.807) is 19.2 Å². The number of carbonyl (C=O) groups is 1. The van der Waals surface area contributed by atoms with Crippen molar-refractivity contribution < 1.29 is 23.7 Å². The monoisotopic (exact) mass is 266 g/mol. The molecule has 0 N–H and O–H groups in total. The summed E-state index contributed by atoms with van der Waals surface area (Å²) in [7, 11) is 1.61. The highest BCUT2D eigenvalue weighted by atomic mass is 16.7. The first-order valence-corrected chi connectivity index (χ1v) is 6.28. The van der Waals surface area contributed by atoms with Crippen molar-refractivity contribution in [1.82, 2.24) is 0 Å². The Kier molecular flexibility index (Phi) is 5.32. The van der Waals surface area contributed by atoms with Crippen molar-refractivity contribution in [3.63, 3.8) is 0 Å². The van der Waals surface area contributed by atoms with Gasteiger partial charge in [-0.05, 0) is 12.1 Å². The molecule has 19 heavy (non-hydrogen) atoms. The predicted molar refractivity (Wildman–Crippen MR) is 68.5 cm³/mol. The average molecular weight is 266 g/mol. The Balaban J connectivity index is 1.98. The van der Waals surface area contributed by atoms with Crippen LogP contribution in [0.1, 0.15) is 16.8 Å². The lowest BCUT2D eigenvalue weighted by Crippen LogP contribution is -2.16. The van der Waals surface area contributed by atoms with Gasteiger partial charge < -0.3 is 18.9 Å². The highest BCUT2D eigenvalue weighted by Crippen LogP contribution is 2.21. The molecule has 5 nitrogen and oxygen atoms in total. The number of ketones is 1. The molecule has 0 aromatic heterocycles. The van der Waals surface area contributed by atoms with Crippen molar-refractivity contribution >= 4 is 5.78 Å². The van der Waals surface area contributed by atoms with Gasteiger partial charge in [-0.15, -0.1) is 0 Å². The van der Waals surface area contributed by atoms with E-state index in [4.69, 9.17) is 18.9 Å². The SMILES string of the molecule is COCCOc1ccccc1C(=O)CC1OCCO1. The molecular weight excluding hydrogens is 248 g/mol. The Labute approximate surface area is 112 Å². The van der Waals surface area contributed by atoms with Crippen LogP contribution in [0.3, 0.4) is 0 Å². The summed E-state index contributed by atoms with van der Waals surface area (Å²) in [5, 5.41) is 0. The highest BCUT2D eigenvalue weighted by molar-refractivity contribution is 5.98. The average Bonchev–Trinajstić information content (AvgIpc) is 2.92. The molecule has 0 atom stereocenters. The van der Waals surface area contributed by atoms with Crippen molar-refractivity contribution in [3.8, 4) is 5.75 Å². The molecule has 0 radical (unpaired) electrons. The summed E-state index contributed by atoms with van der Waals surface area (Å²) in [5.41, 5.74) is 0.553. The van der Waals surface area contributed by atoms with Gasteiger partial charge in [0.25, 0.3) is 0 Å². The minimum atomic E-state index is -0.431. The van der Waals surface area contributed by atoms with E-state index in [9.17, 15) is 4.79 Å². The zero-order chi connectivity index (χ0) is 13.5. The molecule has 2 rings (SSSR count). The maximum atomic E-state index is 12.2. The second kappa shape index (κ2) is 7.23. The van der Waals surface area contributed by atoms with Crippen LogP contribution in [0, 0.1) is 0 Å². The quantitative estimate of drug-likeness (QED) is 0.555. The van der Waals surface area contributed by atoms with Crippen LogP contribution in [0.25, 0.3) is 0 Å². The third kappa shape index (κ3) is 4.02. The van der Waals surface area contributed by atoms with Crippen molar-refractivity contribution in [3.05, 3.63) is 29.8 Å². The lowest BCUT2D eigenvalue weighted by Gasteiger charge is -2.12. The van der Waals surface area contributed by atoms with Crippen LogP contribution in [0.15, 0.2) is 24.3 Å². The lowest BCUT2D eigenvalue weighted by atomic mass is 10.1. The fourth-order valence-electron chi connectivity index (χ4n) is 1.84. The molecule has 1 aliphatic heterocycles. The number of carbonyl (C=O) groups excluding carboxylic acids is 1. The molecule has 1 heterocycles. The molecule has 104 valence electrons. The molecule has 1 aliphatic rings. The van der Waals surface area contributed by atoms with Crippen molar-refractivity contribution in [2.45, 2.75) is 12.7 Å². The zero-order valence-electron chi connectivity index (χ0n) is 11.0. The minimum Gasteiger partial charge on any atom is -0.490 e. The van der Waals surface area contributed by atoms with Crippen LogP contribution < -0.4 is 4.74 Å². The van der Waals surface area contributed by atoms with E-state index in [1.165, 1.54) is 0 Å². The zero-order valence-corrected chi connectivity index (χ0v) is 11.0. The first-order chi connectivity index (χ1) is 9.31. The molecule has 0 aliphatic carbocycles. The predicted octanol–water partition coefficient (Wildman–Crippen LogP) is 1.66. The number of ether oxygens (including phenoxy) is 4. The van der Waals surface area contributed by atoms with Crippen molar-refractivity contribution in [2.75, 3.05) is 33.5 Å². The highest BCUT2D eigenvalue weighted by Gasteiger charge is 2.22. The van der Waals surface area contributed by atoms with Gasteiger partial charge in [-0.25, -0.2) is 0 Å². The molecule has 0 amide bonds. The number of hydrogen-bond acceptors (Lipinski definition) is 5. The van der Waals surface area contributed by atoms with Crippen LogP contribution in [0.5, 0.6) is 5.75 Å². The third-order valence-electron chi connectivity index (χ3n) is 2.78. The van der Waals surface area contributed by atoms with E-state index in [-0.39, 0.29) is 12.2 Å². The molecule has 0 bridgehead atoms. The first kappa shape index (κ1) is 14.0. The van der Waals surface area contributed by atoms with Crippen LogP contribution in [0.2, 0.25) is 0 Å². The largest absolute Gasteiger partial charge is 0.490 e. The fraction of sp³-hybridized carbons (Fsp3) is 0.500. The normalized spacial score (nSPS) is 15.6. The summed E-state index contributed by atoms with van der Waals surface area (Å²) in [6.07, 6.45) is -0.218. The molecule has 0 unspecified atom stereocenters. The summed E-state index contributed by atoms with van der Waals surface area (Å²) >= 11 is 0. The summed E-state index contributed by atoms with van der Waals surface area (Å²) in [5.74, 6) is 0.530. The van der Waals surface area contributed by atoms with Gasteiger partial charge in [0, 0.05) is 7.11 Å². The Bertz CT molecular complexity index is 412. The lowest BCUT2D eigenvalue weighted by molar-refractivity contribution is -0.0408. The standard InChI is InChI=1S/C14H18O5/c1-16-6-7-17-13-5-3-2-4-11(13)12(15)10-14-18-8-9-19-14/h2-5,14H,6-10H2,1H3. The van der Waals surface area contributed by atoms with Gasteiger partial charge in [-0.1, -0.05) is 12.1 Å². The van der Waals surface area contributed by atoms with Crippen LogP contribution in [-0.4, -0.2) is 45.6 Å². The number of Topliss-reactive ketones (excluding diaryl/α,β-unsaturated/α-hetero) is 1. The number of para-hydroxylation sites is 1. The first-order valence-electron chi connectivity index (χ1n) is 6.28. The summed E-state index contributed by atoms with van der Waals surface area (Å²) in [6.45, 7) is 1.99. The molecule has 1 aromatic carbocycles. The molecular formula is C14H18O5. The maximum absolute atomic E-state index is 12.2. The van der Waals surface area contributed by atoms with Gasteiger partial charge in [-0.3, -0.25) is 4.79 Å². The van der Waals surface area contributed by atoms with E-state index in [0.717, 1.165) is 0 Å². The van der Waals surface area contributed by atoms with Crippen molar-refractivity contribution in [2.24, 2.45) is 0 Å². The van der Waals surface area contributed by atoms with E-state index < -0.39 is 6.29 Å². The van der Waals surface area contributed by atoms with E-state index in [2.05, 4.69) is 0 Å². The minimum absolute atomic E-state index is 0.0417. The summed E-state index contributed by atoms with van der Waals surface area (Å²) in [6, 6.07) is 7.17. The van der Waals surface area contributed by atoms with Gasteiger partial charge in [0.05, 0.1) is 31.8 Å². The Hall–Kier alpha value is -1.43. The van der Waals surface area contributed by atoms with Gasteiger partial charge >= 0.3 is 0 Å². The number of methoxy groups -OCH3 is 1. The molecule has 0 saturated carbocycles. The molecule has 5 heteroatoms. The Morgan fingerprint density at radius 1 is 1.26 bits per heavy atom. The number of rotatable bonds is 7. The van der Waals surface area contributed by atoms with Crippen LogP contribution >= 0.6 is 0 Å². The van der Waals surface area contributed by atoms with Crippen LogP contribution in [0.4, 0.5) is 0 Å². The van der Waals surface area contributed by atoms with Crippen LogP contribution in [-0.2, 0) is 14.2 Å².